The van der Waals surface area contributed by atoms with Gasteiger partial charge in [0.1, 0.15) is 22.9 Å². The van der Waals surface area contributed by atoms with Gasteiger partial charge in [0.2, 0.25) is 0 Å². The summed E-state index contributed by atoms with van der Waals surface area (Å²) in [5.74, 6) is -1.29. The molecule has 1 atom stereocenters. The van der Waals surface area contributed by atoms with Gasteiger partial charge in [0.05, 0.1) is 11.6 Å². The van der Waals surface area contributed by atoms with E-state index in [4.69, 9.17) is 21.1 Å². The minimum absolute atomic E-state index is 0. The molecule has 5 rings (SSSR count). The van der Waals surface area contributed by atoms with Gasteiger partial charge in [-0.15, -0.1) is 0 Å². The van der Waals surface area contributed by atoms with Gasteiger partial charge < -0.3 is 24.7 Å². The summed E-state index contributed by atoms with van der Waals surface area (Å²) in [4.78, 5) is 27.9. The fourth-order valence-electron chi connectivity index (χ4n) is 4.51. The molecule has 12 heteroatoms. The summed E-state index contributed by atoms with van der Waals surface area (Å²) >= 11 is 6.32. The molecular weight excluding hydrogens is 560 g/mol. The van der Waals surface area contributed by atoms with Crippen LogP contribution in [0.4, 0.5) is 13.2 Å². The Balaban J connectivity index is 0.00000370. The van der Waals surface area contributed by atoms with Crippen molar-refractivity contribution in [1.82, 2.24) is 10.3 Å². The van der Waals surface area contributed by atoms with Gasteiger partial charge in [-0.05, 0) is 67.6 Å². The van der Waals surface area contributed by atoms with E-state index in [0.29, 0.717) is 40.3 Å². The van der Waals surface area contributed by atoms with Crippen LogP contribution in [0.1, 0.15) is 64.0 Å². The number of carboxylic acids is 1. The van der Waals surface area contributed by atoms with E-state index >= 15 is 0 Å². The van der Waals surface area contributed by atoms with Crippen LogP contribution in [0.25, 0.3) is 0 Å². The molecule has 1 N–H and O–H groups in total. The summed E-state index contributed by atoms with van der Waals surface area (Å²) < 4.78 is 50.5. The predicted molar refractivity (Wildman–Crippen MR) is 133 cm³/mol. The number of amides is 1. The first kappa shape index (κ1) is 30.2. The second-order valence-corrected chi connectivity index (χ2v) is 9.88. The number of alkyl halides is 3. The van der Waals surface area contributed by atoms with E-state index < -0.39 is 23.8 Å². The van der Waals surface area contributed by atoms with Gasteiger partial charge in [-0.1, -0.05) is 17.7 Å². The standard InChI is InChI=1S/C28H24ClF3N2O5.Na/c29-21-13-20-19(27(36)37)10-12-38-22(20)14-23(21)39-18-6-3-17(4-7-18)26(35)33-11-9-16-5-8-24(28(30,31)32)34-25(16)15-1-2-15;/h3-8,13-15,19H,1-2,9-12H2,(H,33,35)(H,36,37);/q;+1/p-1. The van der Waals surface area contributed by atoms with Crippen molar-refractivity contribution in [1.29, 1.82) is 0 Å². The SMILES string of the molecule is O=C(NCCc1ccc(C(F)(F)F)nc1C1CC1)c1ccc(Oc2cc3c(cc2Cl)C(C(=O)[O-])CCO3)cc1.[Na+]. The van der Waals surface area contributed by atoms with Crippen molar-refractivity contribution in [3.8, 4) is 17.2 Å². The van der Waals surface area contributed by atoms with Crippen molar-refractivity contribution >= 4 is 23.5 Å². The minimum atomic E-state index is -4.49. The first-order chi connectivity index (χ1) is 18.6. The summed E-state index contributed by atoms with van der Waals surface area (Å²) in [7, 11) is 0. The van der Waals surface area contributed by atoms with Crippen LogP contribution in [0.3, 0.4) is 0 Å². The first-order valence-electron chi connectivity index (χ1n) is 12.4. The molecular formula is C28H23ClF3N2NaO5. The molecule has 2 heterocycles. The quantitative estimate of drug-likeness (QED) is 0.408. The molecule has 204 valence electrons. The Hall–Kier alpha value is -2.79. The fourth-order valence-corrected chi connectivity index (χ4v) is 4.72. The molecule has 1 aliphatic heterocycles. The van der Waals surface area contributed by atoms with Gasteiger partial charge in [0.25, 0.3) is 5.91 Å². The Morgan fingerprint density at radius 3 is 2.48 bits per heavy atom. The molecule has 1 aromatic heterocycles. The molecule has 1 aliphatic carbocycles. The zero-order valence-electron chi connectivity index (χ0n) is 21.5. The van der Waals surface area contributed by atoms with Gasteiger partial charge in [-0.25, -0.2) is 4.98 Å². The number of carbonyl (C=O) groups is 2. The molecule has 1 saturated carbocycles. The Bertz CT molecular complexity index is 1410. The largest absolute Gasteiger partial charge is 1.00 e. The Kier molecular flexibility index (Phi) is 9.34. The van der Waals surface area contributed by atoms with Crippen molar-refractivity contribution in [2.45, 2.75) is 43.7 Å². The summed E-state index contributed by atoms with van der Waals surface area (Å²) in [5.41, 5.74) is 1.06. The average molecular weight is 583 g/mol. The van der Waals surface area contributed by atoms with E-state index in [0.717, 1.165) is 18.9 Å². The molecule has 0 bridgehead atoms. The topological polar surface area (TPSA) is 101 Å². The number of aromatic nitrogens is 1. The average Bonchev–Trinajstić information content (AvgIpc) is 3.74. The molecule has 1 amide bonds. The number of halogens is 4. The van der Waals surface area contributed by atoms with Crippen molar-refractivity contribution < 1.29 is 66.9 Å². The number of carbonyl (C=O) groups excluding carboxylic acids is 2. The normalized spacial score (nSPS) is 16.2. The number of nitrogens with one attached hydrogen (secondary N) is 1. The molecule has 40 heavy (non-hydrogen) atoms. The van der Waals surface area contributed by atoms with Gasteiger partial charge >= 0.3 is 35.7 Å². The van der Waals surface area contributed by atoms with Gasteiger partial charge in [0, 0.05) is 47.2 Å². The van der Waals surface area contributed by atoms with Crippen LogP contribution >= 0.6 is 11.6 Å². The maximum absolute atomic E-state index is 13.0. The van der Waals surface area contributed by atoms with E-state index in [-0.39, 0.29) is 71.7 Å². The maximum Gasteiger partial charge on any atom is 1.00 e. The van der Waals surface area contributed by atoms with E-state index in [1.165, 1.54) is 18.2 Å². The van der Waals surface area contributed by atoms with E-state index in [1.807, 2.05) is 0 Å². The Labute approximate surface area is 255 Å². The number of aliphatic carboxylic acids is 1. The van der Waals surface area contributed by atoms with Crippen molar-refractivity contribution in [3.63, 3.8) is 0 Å². The third kappa shape index (κ3) is 6.91. The van der Waals surface area contributed by atoms with Gasteiger partial charge in [-0.3, -0.25) is 4.79 Å². The zero-order chi connectivity index (χ0) is 27.7. The Morgan fingerprint density at radius 1 is 1.10 bits per heavy atom. The van der Waals surface area contributed by atoms with Crippen LogP contribution in [0.15, 0.2) is 48.5 Å². The molecule has 2 aliphatic rings. The van der Waals surface area contributed by atoms with Crippen LogP contribution in [0, 0.1) is 0 Å². The van der Waals surface area contributed by atoms with E-state index in [1.54, 1.807) is 24.3 Å². The number of pyridine rings is 1. The summed E-state index contributed by atoms with van der Waals surface area (Å²) in [6.07, 6.45) is -2.22. The number of rotatable bonds is 8. The summed E-state index contributed by atoms with van der Waals surface area (Å²) in [5, 5.41) is 14.4. The number of hydrogen-bond acceptors (Lipinski definition) is 6. The monoisotopic (exact) mass is 582 g/mol. The number of fused-ring (bicyclic) bond motifs is 1. The number of benzene rings is 2. The van der Waals surface area contributed by atoms with Crippen LogP contribution < -0.4 is 49.5 Å². The minimum Gasteiger partial charge on any atom is -0.549 e. The zero-order valence-corrected chi connectivity index (χ0v) is 24.3. The number of ether oxygens (including phenoxy) is 2. The van der Waals surface area contributed by atoms with Crippen LogP contribution in [-0.2, 0) is 17.4 Å². The second-order valence-electron chi connectivity index (χ2n) is 9.47. The molecule has 1 unspecified atom stereocenters. The maximum atomic E-state index is 13.0. The van der Waals surface area contributed by atoms with Crippen LogP contribution in [-0.4, -0.2) is 30.0 Å². The van der Waals surface area contributed by atoms with Crippen LogP contribution in [0.2, 0.25) is 5.02 Å². The fraction of sp³-hybridized carbons (Fsp3) is 0.321. The van der Waals surface area contributed by atoms with Gasteiger partial charge in [0.15, 0.2) is 0 Å². The van der Waals surface area contributed by atoms with Crippen molar-refractivity contribution in [2.24, 2.45) is 0 Å². The van der Waals surface area contributed by atoms with Gasteiger partial charge in [-0.2, -0.15) is 13.2 Å². The summed E-state index contributed by atoms with van der Waals surface area (Å²) in [6.45, 7) is 0.468. The smallest absolute Gasteiger partial charge is 0.549 e. The molecule has 2 aromatic carbocycles. The molecule has 1 fully saturated rings. The number of hydrogen-bond donors (Lipinski definition) is 1. The third-order valence-corrected chi connectivity index (χ3v) is 6.97. The number of carboxylic acid groups (broad SMARTS) is 1. The molecule has 3 aromatic rings. The van der Waals surface area contributed by atoms with Crippen LogP contribution in [0.5, 0.6) is 17.2 Å². The van der Waals surface area contributed by atoms with E-state index in [9.17, 15) is 27.9 Å². The van der Waals surface area contributed by atoms with Crippen molar-refractivity contribution in [2.75, 3.05) is 13.2 Å². The molecule has 0 spiro atoms. The predicted octanol–water partition coefficient (Wildman–Crippen LogP) is 2.02. The molecule has 0 radical (unpaired) electrons. The Morgan fingerprint density at radius 2 is 1.82 bits per heavy atom. The molecule has 0 saturated heterocycles. The summed E-state index contributed by atoms with van der Waals surface area (Å²) in [6, 6.07) is 11.7. The van der Waals surface area contributed by atoms with Crippen molar-refractivity contribution in [3.05, 3.63) is 81.6 Å². The second kappa shape index (κ2) is 12.4. The third-order valence-electron chi connectivity index (χ3n) is 6.68. The van der Waals surface area contributed by atoms with E-state index in [2.05, 4.69) is 10.3 Å². The first-order valence-corrected chi connectivity index (χ1v) is 12.8. The molecule has 7 nitrogen and oxygen atoms in total. The number of nitrogens with zero attached hydrogens (tertiary/aromatic N) is 1.